The Morgan fingerprint density at radius 3 is 2.55 bits per heavy atom. The third-order valence-electron chi connectivity index (χ3n) is 5.94. The van der Waals surface area contributed by atoms with Crippen molar-refractivity contribution in [2.45, 2.75) is 44.9 Å². The SMILES string of the molecule is COCCCNC(=O)[C@]12CC[C@@](C)(C(=O)[C@H]1Br)C2(C)C. The van der Waals surface area contributed by atoms with Gasteiger partial charge >= 0.3 is 0 Å². The number of carbonyl (C=O) groups excluding carboxylic acids is 2. The Kier molecular flexibility index (Phi) is 4.06. The minimum absolute atomic E-state index is 0.00931. The van der Waals surface area contributed by atoms with Crippen molar-refractivity contribution in [2.75, 3.05) is 20.3 Å². The highest BCUT2D eigenvalue weighted by Crippen LogP contribution is 2.72. The molecule has 2 rings (SSSR count). The number of ketones is 1. The van der Waals surface area contributed by atoms with Gasteiger partial charge in [0.05, 0.1) is 10.2 Å². The molecule has 0 heterocycles. The number of alkyl halides is 1. The second-order valence-electron chi connectivity index (χ2n) is 6.76. The zero-order valence-electron chi connectivity index (χ0n) is 12.7. The minimum atomic E-state index is -0.619. The average Bonchev–Trinajstić information content (AvgIpc) is 2.67. The molecule has 3 atom stereocenters. The third-order valence-corrected chi connectivity index (χ3v) is 7.13. The molecule has 2 aliphatic carbocycles. The molecule has 0 radical (unpaired) electrons. The van der Waals surface area contributed by atoms with Crippen LogP contribution in [-0.4, -0.2) is 36.8 Å². The van der Waals surface area contributed by atoms with Crippen molar-refractivity contribution in [3.05, 3.63) is 0 Å². The van der Waals surface area contributed by atoms with E-state index in [1.54, 1.807) is 7.11 Å². The maximum absolute atomic E-state index is 12.8. The molecule has 0 unspecified atom stereocenters. The molecule has 0 aromatic rings. The topological polar surface area (TPSA) is 55.4 Å². The lowest BCUT2D eigenvalue weighted by atomic mass is 9.64. The number of ether oxygens (including phenoxy) is 1. The summed E-state index contributed by atoms with van der Waals surface area (Å²) in [5, 5.41) is 3.00. The molecule has 5 heteroatoms. The molecule has 1 N–H and O–H groups in total. The lowest BCUT2D eigenvalue weighted by Gasteiger charge is -2.39. The van der Waals surface area contributed by atoms with Crippen LogP contribution in [0.15, 0.2) is 0 Å². The van der Waals surface area contributed by atoms with E-state index in [0.717, 1.165) is 19.3 Å². The van der Waals surface area contributed by atoms with Gasteiger partial charge in [-0.3, -0.25) is 9.59 Å². The van der Waals surface area contributed by atoms with Crippen LogP contribution in [-0.2, 0) is 14.3 Å². The standard InChI is InChI=1S/C15H24BrNO3/c1-13(2)14(3)6-7-15(13,10(16)11(14)18)12(19)17-8-5-9-20-4/h10H,5-9H2,1-4H3,(H,17,19)/t10-,14+,15+/m1/s1. The molecule has 2 saturated carbocycles. The lowest BCUT2D eigenvalue weighted by molar-refractivity contribution is -0.135. The fourth-order valence-corrected chi connectivity index (χ4v) is 5.55. The maximum Gasteiger partial charge on any atom is 0.228 e. The normalized spacial score (nSPS) is 38.2. The third kappa shape index (κ3) is 1.75. The van der Waals surface area contributed by atoms with Gasteiger partial charge in [0.15, 0.2) is 5.78 Å². The van der Waals surface area contributed by atoms with E-state index in [9.17, 15) is 9.59 Å². The second kappa shape index (κ2) is 5.09. The van der Waals surface area contributed by atoms with Gasteiger partial charge in [-0.25, -0.2) is 0 Å². The average molecular weight is 346 g/mol. The molecule has 114 valence electrons. The summed E-state index contributed by atoms with van der Waals surface area (Å²) in [6.45, 7) is 7.36. The first-order valence-electron chi connectivity index (χ1n) is 7.21. The summed E-state index contributed by atoms with van der Waals surface area (Å²) >= 11 is 3.52. The van der Waals surface area contributed by atoms with Crippen LogP contribution in [0.5, 0.6) is 0 Å². The van der Waals surface area contributed by atoms with Gasteiger partial charge < -0.3 is 10.1 Å². The molecule has 4 nitrogen and oxygen atoms in total. The van der Waals surface area contributed by atoms with E-state index in [1.165, 1.54) is 0 Å². The van der Waals surface area contributed by atoms with Gasteiger partial charge in [0.1, 0.15) is 0 Å². The summed E-state index contributed by atoms with van der Waals surface area (Å²) in [7, 11) is 1.65. The number of hydrogen-bond donors (Lipinski definition) is 1. The number of fused-ring (bicyclic) bond motifs is 2. The Labute approximate surface area is 129 Å². The Bertz CT molecular complexity index is 437. The number of halogens is 1. The van der Waals surface area contributed by atoms with Crippen LogP contribution in [0.2, 0.25) is 0 Å². The quantitative estimate of drug-likeness (QED) is 0.614. The van der Waals surface area contributed by atoms with Crippen molar-refractivity contribution in [3.63, 3.8) is 0 Å². The maximum atomic E-state index is 12.8. The van der Waals surface area contributed by atoms with Gasteiger partial charge in [-0.2, -0.15) is 0 Å². The number of amides is 1. The molecule has 0 spiro atoms. The number of carbonyl (C=O) groups is 2. The molecule has 2 bridgehead atoms. The van der Waals surface area contributed by atoms with Crippen molar-refractivity contribution in [1.29, 1.82) is 0 Å². The number of nitrogens with one attached hydrogen (secondary N) is 1. The van der Waals surface area contributed by atoms with Crippen LogP contribution in [0.1, 0.15) is 40.0 Å². The molecule has 0 aromatic carbocycles. The first-order valence-corrected chi connectivity index (χ1v) is 8.13. The van der Waals surface area contributed by atoms with E-state index in [2.05, 4.69) is 35.1 Å². The fourth-order valence-electron chi connectivity index (χ4n) is 4.03. The summed E-state index contributed by atoms with van der Waals surface area (Å²) in [5.74, 6) is 0.191. The molecule has 2 aliphatic rings. The number of rotatable bonds is 5. The number of hydrogen-bond acceptors (Lipinski definition) is 3. The minimum Gasteiger partial charge on any atom is -0.385 e. The summed E-state index contributed by atoms with van der Waals surface area (Å²) in [4.78, 5) is 24.9. The van der Waals surface area contributed by atoms with E-state index in [-0.39, 0.29) is 21.9 Å². The Balaban J connectivity index is 2.21. The molecule has 0 aromatic heterocycles. The van der Waals surface area contributed by atoms with Gasteiger partial charge in [0, 0.05) is 25.7 Å². The van der Waals surface area contributed by atoms with Crippen LogP contribution in [0.4, 0.5) is 0 Å². The van der Waals surface area contributed by atoms with Crippen molar-refractivity contribution < 1.29 is 14.3 Å². The molecule has 2 fully saturated rings. The summed E-state index contributed by atoms with van der Waals surface area (Å²) < 4.78 is 4.99. The van der Waals surface area contributed by atoms with Gasteiger partial charge in [-0.1, -0.05) is 36.7 Å². The summed E-state index contributed by atoms with van der Waals surface area (Å²) in [6, 6.07) is 0. The Hall–Kier alpha value is -0.420. The van der Waals surface area contributed by atoms with Crippen molar-refractivity contribution in [2.24, 2.45) is 16.2 Å². The molecule has 1 amide bonds. The van der Waals surface area contributed by atoms with Gasteiger partial charge in [0.2, 0.25) is 5.91 Å². The highest BCUT2D eigenvalue weighted by atomic mass is 79.9. The second-order valence-corrected chi connectivity index (χ2v) is 7.67. The highest BCUT2D eigenvalue weighted by Gasteiger charge is 2.76. The highest BCUT2D eigenvalue weighted by molar-refractivity contribution is 9.10. The van der Waals surface area contributed by atoms with Crippen LogP contribution in [0.25, 0.3) is 0 Å². The number of methoxy groups -OCH3 is 1. The van der Waals surface area contributed by atoms with E-state index >= 15 is 0 Å². The van der Waals surface area contributed by atoms with Gasteiger partial charge in [0.25, 0.3) is 0 Å². The summed E-state index contributed by atoms with van der Waals surface area (Å²) in [5.41, 5.74) is -1.34. The van der Waals surface area contributed by atoms with Gasteiger partial charge in [-0.05, 0) is 24.7 Å². The molecule has 20 heavy (non-hydrogen) atoms. The van der Waals surface area contributed by atoms with Gasteiger partial charge in [-0.15, -0.1) is 0 Å². The first-order chi connectivity index (χ1) is 9.25. The molecular weight excluding hydrogens is 322 g/mol. The predicted molar refractivity (Wildman–Crippen MR) is 80.8 cm³/mol. The van der Waals surface area contributed by atoms with Crippen LogP contribution in [0, 0.1) is 16.2 Å². The van der Waals surface area contributed by atoms with E-state index in [0.29, 0.717) is 13.2 Å². The van der Waals surface area contributed by atoms with Crippen molar-refractivity contribution in [3.8, 4) is 0 Å². The monoisotopic (exact) mass is 345 g/mol. The molecular formula is C15H24BrNO3. The Morgan fingerprint density at radius 1 is 1.40 bits per heavy atom. The van der Waals surface area contributed by atoms with E-state index in [1.807, 2.05) is 6.92 Å². The lowest BCUT2D eigenvalue weighted by Crippen LogP contribution is -2.51. The largest absolute Gasteiger partial charge is 0.385 e. The predicted octanol–water partition coefficient (Wildman–Crippen LogP) is 2.30. The molecule has 0 saturated heterocycles. The van der Waals surface area contributed by atoms with E-state index in [4.69, 9.17) is 4.74 Å². The van der Waals surface area contributed by atoms with Crippen molar-refractivity contribution >= 4 is 27.6 Å². The molecule has 0 aliphatic heterocycles. The van der Waals surface area contributed by atoms with Crippen LogP contribution < -0.4 is 5.32 Å². The first kappa shape index (κ1) is 16.0. The zero-order valence-corrected chi connectivity index (χ0v) is 14.3. The van der Waals surface area contributed by atoms with Crippen LogP contribution >= 0.6 is 15.9 Å². The van der Waals surface area contributed by atoms with Crippen LogP contribution in [0.3, 0.4) is 0 Å². The van der Waals surface area contributed by atoms with Crippen molar-refractivity contribution in [1.82, 2.24) is 5.32 Å². The zero-order chi connectivity index (χ0) is 15.2. The Morgan fingerprint density at radius 2 is 2.05 bits per heavy atom. The number of Topliss-reactive ketones (excluding diaryl/α,β-unsaturated/α-hetero) is 1. The fraction of sp³-hybridized carbons (Fsp3) is 0.867. The smallest absolute Gasteiger partial charge is 0.228 e. The van der Waals surface area contributed by atoms with E-state index < -0.39 is 10.8 Å². The summed E-state index contributed by atoms with van der Waals surface area (Å²) in [6.07, 6.45) is 2.36.